The largest absolute Gasteiger partial charge is 0.294 e. The molecular weight excluding hydrogens is 192 g/mol. The van der Waals surface area contributed by atoms with Gasteiger partial charge in [-0.25, -0.2) is 0 Å². The fourth-order valence-electron chi connectivity index (χ4n) is 1.41. The molecule has 2 heteroatoms. The van der Waals surface area contributed by atoms with Crippen LogP contribution in [0.1, 0.15) is 48.8 Å². The van der Waals surface area contributed by atoms with E-state index in [0.29, 0.717) is 18.1 Å². The van der Waals surface area contributed by atoms with Gasteiger partial charge in [-0.3, -0.25) is 4.79 Å². The highest BCUT2D eigenvalue weighted by Gasteiger charge is 2.08. The lowest BCUT2D eigenvalue weighted by Crippen LogP contribution is -1.96. The van der Waals surface area contributed by atoms with Crippen LogP contribution in [0.2, 0.25) is 0 Å². The van der Waals surface area contributed by atoms with Crippen LogP contribution >= 0.6 is 11.3 Å². The van der Waals surface area contributed by atoms with Gasteiger partial charge in [0.25, 0.3) is 0 Å². The van der Waals surface area contributed by atoms with Gasteiger partial charge in [-0.2, -0.15) is 0 Å². The van der Waals surface area contributed by atoms with E-state index in [4.69, 9.17) is 0 Å². The van der Waals surface area contributed by atoms with Crippen molar-refractivity contribution in [1.82, 2.24) is 0 Å². The zero-order valence-electron chi connectivity index (χ0n) is 9.17. The lowest BCUT2D eigenvalue weighted by molar-refractivity contribution is 0.0982. The maximum Gasteiger partial charge on any atom is 0.163 e. The van der Waals surface area contributed by atoms with E-state index in [-0.39, 0.29) is 0 Å². The maximum absolute atomic E-state index is 11.6. The van der Waals surface area contributed by atoms with Gasteiger partial charge in [0, 0.05) is 22.2 Å². The van der Waals surface area contributed by atoms with E-state index < -0.39 is 0 Å². The third-order valence-corrected chi connectivity index (χ3v) is 3.02. The van der Waals surface area contributed by atoms with Crippen molar-refractivity contribution in [3.8, 4) is 0 Å². The summed E-state index contributed by atoms with van der Waals surface area (Å²) in [5, 5.41) is 2.00. The number of carbonyl (C=O) groups excluding carboxylic acids is 1. The number of thiophene rings is 1. The summed E-state index contributed by atoms with van der Waals surface area (Å²) in [7, 11) is 0. The highest BCUT2D eigenvalue weighted by atomic mass is 32.1. The Labute approximate surface area is 90.2 Å². The van der Waals surface area contributed by atoms with Crippen LogP contribution in [0.15, 0.2) is 11.4 Å². The number of Topliss-reactive ketones (excluding diaryl/α,β-unsaturated/α-hetero) is 1. The third kappa shape index (κ3) is 3.26. The summed E-state index contributed by atoms with van der Waals surface area (Å²) in [6, 6.07) is 2.06. The van der Waals surface area contributed by atoms with Crippen LogP contribution in [0, 0.1) is 5.92 Å². The molecule has 1 aromatic rings. The second-order valence-electron chi connectivity index (χ2n) is 4.07. The third-order valence-electron chi connectivity index (χ3n) is 2.06. The zero-order chi connectivity index (χ0) is 10.6. The quantitative estimate of drug-likeness (QED) is 0.673. The molecule has 0 fully saturated rings. The van der Waals surface area contributed by atoms with Crippen molar-refractivity contribution in [1.29, 1.82) is 0 Å². The van der Waals surface area contributed by atoms with Crippen molar-refractivity contribution in [3.63, 3.8) is 0 Å². The van der Waals surface area contributed by atoms with Crippen LogP contribution in [0.4, 0.5) is 0 Å². The summed E-state index contributed by atoms with van der Waals surface area (Å²) in [5.41, 5.74) is 0.910. The smallest absolute Gasteiger partial charge is 0.163 e. The predicted molar refractivity (Wildman–Crippen MR) is 62.1 cm³/mol. The predicted octanol–water partition coefficient (Wildman–Crippen LogP) is 3.93. The van der Waals surface area contributed by atoms with Crippen molar-refractivity contribution in [2.45, 2.75) is 40.0 Å². The first-order chi connectivity index (χ1) is 6.63. The lowest BCUT2D eigenvalue weighted by atomic mass is 10.1. The van der Waals surface area contributed by atoms with E-state index in [0.717, 1.165) is 18.4 Å². The average Bonchev–Trinajstić information content (AvgIpc) is 2.52. The molecule has 0 aliphatic heterocycles. The van der Waals surface area contributed by atoms with Crippen LogP contribution in [0.5, 0.6) is 0 Å². The molecular formula is C12H18OS. The first-order valence-corrected chi connectivity index (χ1v) is 6.12. The van der Waals surface area contributed by atoms with Crippen LogP contribution in [0.25, 0.3) is 0 Å². The van der Waals surface area contributed by atoms with Crippen molar-refractivity contribution in [2.24, 2.45) is 5.92 Å². The molecule has 0 aliphatic rings. The van der Waals surface area contributed by atoms with Gasteiger partial charge < -0.3 is 0 Å². The van der Waals surface area contributed by atoms with Gasteiger partial charge in [-0.15, -0.1) is 11.3 Å². The highest BCUT2D eigenvalue weighted by molar-refractivity contribution is 7.10. The van der Waals surface area contributed by atoms with Crippen molar-refractivity contribution >= 4 is 17.1 Å². The van der Waals surface area contributed by atoms with E-state index in [1.165, 1.54) is 4.88 Å². The summed E-state index contributed by atoms with van der Waals surface area (Å²) in [6.45, 7) is 6.44. The molecule has 0 radical (unpaired) electrons. The number of rotatable bonds is 5. The van der Waals surface area contributed by atoms with Gasteiger partial charge in [-0.05, 0) is 24.8 Å². The van der Waals surface area contributed by atoms with Crippen LogP contribution in [-0.2, 0) is 6.42 Å². The molecule has 0 N–H and O–H groups in total. The minimum absolute atomic E-state index is 0.291. The standard InChI is InChI=1S/C12H18OS/c1-4-5-12(13)10-7-11(14-8-10)6-9(2)3/h7-9H,4-6H2,1-3H3. The van der Waals surface area contributed by atoms with Gasteiger partial charge in [-0.1, -0.05) is 20.8 Å². The maximum atomic E-state index is 11.6. The molecule has 1 nitrogen and oxygen atoms in total. The SMILES string of the molecule is CCCC(=O)c1csc(CC(C)C)c1. The fraction of sp³-hybridized carbons (Fsp3) is 0.583. The second-order valence-corrected chi connectivity index (χ2v) is 5.07. The Morgan fingerprint density at radius 1 is 1.50 bits per heavy atom. The Morgan fingerprint density at radius 2 is 2.21 bits per heavy atom. The summed E-state index contributed by atoms with van der Waals surface area (Å²) >= 11 is 1.71. The normalized spacial score (nSPS) is 10.9. The molecule has 78 valence electrons. The monoisotopic (exact) mass is 210 g/mol. The van der Waals surface area contributed by atoms with E-state index in [1.807, 2.05) is 12.3 Å². The molecule has 1 aromatic heterocycles. The Kier molecular flexibility index (Phi) is 4.33. The van der Waals surface area contributed by atoms with Gasteiger partial charge >= 0.3 is 0 Å². The minimum Gasteiger partial charge on any atom is -0.294 e. The second kappa shape index (κ2) is 5.30. The molecule has 0 amide bonds. The zero-order valence-corrected chi connectivity index (χ0v) is 9.99. The molecule has 0 saturated carbocycles. The Morgan fingerprint density at radius 3 is 2.79 bits per heavy atom. The Bertz CT molecular complexity index is 299. The number of hydrogen-bond donors (Lipinski definition) is 0. The molecule has 14 heavy (non-hydrogen) atoms. The first-order valence-electron chi connectivity index (χ1n) is 5.24. The summed E-state index contributed by atoms with van der Waals surface area (Å²) in [6.07, 6.45) is 2.70. The van der Waals surface area contributed by atoms with Gasteiger partial charge in [0.05, 0.1) is 0 Å². The highest BCUT2D eigenvalue weighted by Crippen LogP contribution is 2.19. The number of carbonyl (C=O) groups is 1. The first kappa shape index (κ1) is 11.4. The van der Waals surface area contributed by atoms with Gasteiger partial charge in [0.15, 0.2) is 5.78 Å². The molecule has 0 unspecified atom stereocenters. The van der Waals surface area contributed by atoms with Gasteiger partial charge in [0.2, 0.25) is 0 Å². The van der Waals surface area contributed by atoms with Crippen LogP contribution in [0.3, 0.4) is 0 Å². The molecule has 0 saturated heterocycles. The van der Waals surface area contributed by atoms with Crippen molar-refractivity contribution < 1.29 is 4.79 Å². The van der Waals surface area contributed by atoms with E-state index in [1.54, 1.807) is 11.3 Å². The van der Waals surface area contributed by atoms with Crippen LogP contribution in [-0.4, -0.2) is 5.78 Å². The topological polar surface area (TPSA) is 17.1 Å². The van der Waals surface area contributed by atoms with Gasteiger partial charge in [0.1, 0.15) is 0 Å². The van der Waals surface area contributed by atoms with Crippen molar-refractivity contribution in [2.75, 3.05) is 0 Å². The average molecular weight is 210 g/mol. The fourth-order valence-corrected chi connectivity index (χ4v) is 2.51. The summed E-state index contributed by atoms with van der Waals surface area (Å²) in [5.74, 6) is 0.960. The van der Waals surface area contributed by atoms with Crippen LogP contribution < -0.4 is 0 Å². The van der Waals surface area contributed by atoms with E-state index in [9.17, 15) is 4.79 Å². The molecule has 0 atom stereocenters. The Balaban J connectivity index is 2.63. The number of hydrogen-bond acceptors (Lipinski definition) is 2. The molecule has 0 aliphatic carbocycles. The Hall–Kier alpha value is -0.630. The van der Waals surface area contributed by atoms with E-state index in [2.05, 4.69) is 19.9 Å². The molecule has 1 heterocycles. The number of ketones is 1. The molecule has 0 aromatic carbocycles. The lowest BCUT2D eigenvalue weighted by Gasteiger charge is -1.99. The molecule has 1 rings (SSSR count). The summed E-state index contributed by atoms with van der Waals surface area (Å²) < 4.78 is 0. The molecule has 0 bridgehead atoms. The summed E-state index contributed by atoms with van der Waals surface area (Å²) in [4.78, 5) is 12.9. The minimum atomic E-state index is 0.291. The molecule has 0 spiro atoms. The van der Waals surface area contributed by atoms with E-state index >= 15 is 0 Å². The van der Waals surface area contributed by atoms with Crippen molar-refractivity contribution in [3.05, 3.63) is 21.9 Å².